The van der Waals surface area contributed by atoms with Crippen molar-refractivity contribution in [1.82, 2.24) is 4.90 Å². The third kappa shape index (κ3) is 4.09. The lowest BCUT2D eigenvalue weighted by Gasteiger charge is -2.32. The van der Waals surface area contributed by atoms with Gasteiger partial charge >= 0.3 is 0 Å². The van der Waals surface area contributed by atoms with Crippen molar-refractivity contribution in [2.24, 2.45) is 0 Å². The normalized spacial score (nSPS) is 16.0. The van der Waals surface area contributed by atoms with Crippen molar-refractivity contribution in [3.8, 4) is 0 Å². The van der Waals surface area contributed by atoms with Crippen LogP contribution in [0, 0.1) is 0 Å². The Labute approximate surface area is 150 Å². The van der Waals surface area contributed by atoms with Crippen LogP contribution in [0.3, 0.4) is 0 Å². The summed E-state index contributed by atoms with van der Waals surface area (Å²) in [5.74, 6) is 0.206. The number of amides is 1. The maximum absolute atomic E-state index is 12.5. The highest BCUT2D eigenvalue weighted by molar-refractivity contribution is 5.85. The molecular weight excluding hydrogens is 320 g/mol. The second-order valence-corrected chi connectivity index (χ2v) is 6.37. The van der Waals surface area contributed by atoms with Crippen molar-refractivity contribution in [3.63, 3.8) is 0 Å². The maximum Gasteiger partial charge on any atom is 0.222 e. The number of fused-ring (bicyclic) bond motifs is 1. The van der Waals surface area contributed by atoms with Gasteiger partial charge in [0.25, 0.3) is 0 Å². The number of nitrogens with two attached hydrogens (primary N) is 1. The quantitative estimate of drug-likeness (QED) is 0.861. The largest absolute Gasteiger partial charge is 0.399 e. The number of anilines is 1. The zero-order chi connectivity index (χ0) is 16.2. The molecule has 1 unspecified atom stereocenters. The molecule has 0 aromatic heterocycles. The first-order valence-corrected chi connectivity index (χ1v) is 8.31. The van der Waals surface area contributed by atoms with Crippen LogP contribution in [0.4, 0.5) is 5.69 Å². The van der Waals surface area contributed by atoms with Gasteiger partial charge in [0.1, 0.15) is 0 Å². The summed E-state index contributed by atoms with van der Waals surface area (Å²) in [6.07, 6.45) is 4.30. The molecular formula is C20H25ClN2O. The Morgan fingerprint density at radius 1 is 1.12 bits per heavy atom. The van der Waals surface area contributed by atoms with E-state index in [9.17, 15) is 4.79 Å². The summed E-state index contributed by atoms with van der Waals surface area (Å²) < 4.78 is 0. The topological polar surface area (TPSA) is 46.3 Å². The highest BCUT2D eigenvalue weighted by atomic mass is 35.5. The average molecular weight is 345 g/mol. The van der Waals surface area contributed by atoms with E-state index in [4.69, 9.17) is 5.73 Å². The fourth-order valence-corrected chi connectivity index (χ4v) is 3.39. The molecule has 0 aliphatic heterocycles. The highest BCUT2D eigenvalue weighted by Crippen LogP contribution is 2.24. The molecule has 0 heterocycles. The molecule has 4 heteroatoms. The molecule has 1 atom stereocenters. The van der Waals surface area contributed by atoms with Crippen molar-refractivity contribution in [1.29, 1.82) is 0 Å². The van der Waals surface area contributed by atoms with E-state index in [2.05, 4.69) is 24.3 Å². The van der Waals surface area contributed by atoms with Crippen molar-refractivity contribution in [2.45, 2.75) is 38.1 Å². The van der Waals surface area contributed by atoms with Crippen LogP contribution >= 0.6 is 12.4 Å². The molecule has 2 aromatic rings. The van der Waals surface area contributed by atoms with E-state index in [1.54, 1.807) is 0 Å². The number of likely N-dealkylation sites (N-methyl/N-ethyl adjacent to an activating group) is 1. The summed E-state index contributed by atoms with van der Waals surface area (Å²) in [4.78, 5) is 14.5. The minimum Gasteiger partial charge on any atom is -0.399 e. The van der Waals surface area contributed by atoms with Gasteiger partial charge in [0, 0.05) is 25.2 Å². The summed E-state index contributed by atoms with van der Waals surface area (Å²) in [7, 11) is 1.94. The summed E-state index contributed by atoms with van der Waals surface area (Å²) in [5.41, 5.74) is 10.6. The lowest BCUT2D eigenvalue weighted by atomic mass is 9.87. The minimum atomic E-state index is 0. The Bertz CT molecular complexity index is 702. The molecule has 0 radical (unpaired) electrons. The second kappa shape index (κ2) is 8.20. The zero-order valence-corrected chi connectivity index (χ0v) is 14.9. The van der Waals surface area contributed by atoms with Crippen LogP contribution in [0.1, 0.15) is 29.5 Å². The predicted molar refractivity (Wildman–Crippen MR) is 101 cm³/mol. The van der Waals surface area contributed by atoms with Crippen LogP contribution in [-0.4, -0.2) is 23.9 Å². The summed E-state index contributed by atoms with van der Waals surface area (Å²) in [6.45, 7) is 0. The summed E-state index contributed by atoms with van der Waals surface area (Å²) in [5, 5.41) is 0. The molecule has 1 aliphatic carbocycles. The summed E-state index contributed by atoms with van der Waals surface area (Å²) in [6, 6.07) is 16.7. The molecule has 1 amide bonds. The molecule has 128 valence electrons. The molecule has 3 rings (SSSR count). The van der Waals surface area contributed by atoms with Gasteiger partial charge in [0.2, 0.25) is 5.91 Å². The van der Waals surface area contributed by atoms with E-state index >= 15 is 0 Å². The van der Waals surface area contributed by atoms with E-state index in [1.807, 2.05) is 36.2 Å². The standard InChI is InChI=1S/C20H24N2O.ClH/c1-22(18-12-10-15-6-2-3-8-17(15)14-18)20(23)13-11-16-7-4-5-9-19(16)21;/h2-9,18H,10-14,21H2,1H3;1H. The Hall–Kier alpha value is -2.00. The van der Waals surface area contributed by atoms with Crippen molar-refractivity contribution >= 4 is 24.0 Å². The average Bonchev–Trinajstić information content (AvgIpc) is 2.59. The zero-order valence-electron chi connectivity index (χ0n) is 14.1. The molecule has 0 fully saturated rings. The number of nitrogens with zero attached hydrogens (tertiary/aromatic N) is 1. The van der Waals surface area contributed by atoms with Gasteiger partial charge in [-0.05, 0) is 48.4 Å². The van der Waals surface area contributed by atoms with Gasteiger partial charge in [0.15, 0.2) is 0 Å². The fraction of sp³-hybridized carbons (Fsp3) is 0.350. The molecule has 0 saturated carbocycles. The first kappa shape index (κ1) is 18.3. The predicted octanol–water partition coefficient (Wildman–Crippen LogP) is 3.64. The number of rotatable bonds is 4. The number of hydrogen-bond acceptors (Lipinski definition) is 2. The van der Waals surface area contributed by atoms with Crippen molar-refractivity contribution in [3.05, 3.63) is 65.2 Å². The van der Waals surface area contributed by atoms with E-state index in [0.717, 1.165) is 30.5 Å². The van der Waals surface area contributed by atoms with Gasteiger partial charge in [-0.15, -0.1) is 12.4 Å². The molecule has 3 nitrogen and oxygen atoms in total. The van der Waals surface area contributed by atoms with E-state index in [-0.39, 0.29) is 18.3 Å². The van der Waals surface area contributed by atoms with Gasteiger partial charge in [-0.25, -0.2) is 0 Å². The molecule has 1 aliphatic rings. The van der Waals surface area contributed by atoms with E-state index in [1.165, 1.54) is 11.1 Å². The molecule has 0 spiro atoms. The van der Waals surface area contributed by atoms with Crippen LogP contribution in [0.5, 0.6) is 0 Å². The van der Waals surface area contributed by atoms with Crippen LogP contribution in [-0.2, 0) is 24.1 Å². The highest BCUT2D eigenvalue weighted by Gasteiger charge is 2.24. The number of carbonyl (C=O) groups is 1. The van der Waals surface area contributed by atoms with Crippen LogP contribution in [0.15, 0.2) is 48.5 Å². The fourth-order valence-electron chi connectivity index (χ4n) is 3.39. The smallest absolute Gasteiger partial charge is 0.222 e. The number of aryl methyl sites for hydroxylation is 2. The third-order valence-electron chi connectivity index (χ3n) is 4.93. The minimum absolute atomic E-state index is 0. The van der Waals surface area contributed by atoms with Gasteiger partial charge in [-0.2, -0.15) is 0 Å². The van der Waals surface area contributed by atoms with Gasteiger partial charge in [0.05, 0.1) is 0 Å². The van der Waals surface area contributed by atoms with E-state index in [0.29, 0.717) is 18.9 Å². The van der Waals surface area contributed by atoms with Crippen molar-refractivity contribution < 1.29 is 4.79 Å². The van der Waals surface area contributed by atoms with Crippen LogP contribution in [0.25, 0.3) is 0 Å². The SMILES string of the molecule is CN(C(=O)CCc1ccccc1N)C1CCc2ccccc2C1.Cl. The molecule has 0 bridgehead atoms. The number of halogens is 1. The van der Waals surface area contributed by atoms with Crippen LogP contribution < -0.4 is 5.73 Å². The summed E-state index contributed by atoms with van der Waals surface area (Å²) >= 11 is 0. The Balaban J connectivity index is 0.00000208. The Morgan fingerprint density at radius 2 is 1.79 bits per heavy atom. The first-order chi connectivity index (χ1) is 11.1. The molecule has 2 aromatic carbocycles. The number of benzene rings is 2. The monoisotopic (exact) mass is 344 g/mol. The molecule has 0 saturated heterocycles. The van der Waals surface area contributed by atoms with Gasteiger partial charge < -0.3 is 10.6 Å². The molecule has 24 heavy (non-hydrogen) atoms. The van der Waals surface area contributed by atoms with E-state index < -0.39 is 0 Å². The Kier molecular flexibility index (Phi) is 6.27. The molecule has 2 N–H and O–H groups in total. The van der Waals surface area contributed by atoms with Gasteiger partial charge in [-0.1, -0.05) is 42.5 Å². The maximum atomic E-state index is 12.5. The number of hydrogen-bond donors (Lipinski definition) is 1. The Morgan fingerprint density at radius 3 is 2.54 bits per heavy atom. The second-order valence-electron chi connectivity index (χ2n) is 6.37. The van der Waals surface area contributed by atoms with Gasteiger partial charge in [-0.3, -0.25) is 4.79 Å². The third-order valence-corrected chi connectivity index (χ3v) is 4.93. The number of nitrogen functional groups attached to an aromatic ring is 1. The van der Waals surface area contributed by atoms with Crippen molar-refractivity contribution in [2.75, 3.05) is 12.8 Å². The van der Waals surface area contributed by atoms with Crippen LogP contribution in [0.2, 0.25) is 0 Å². The lowest BCUT2D eigenvalue weighted by molar-refractivity contribution is -0.132. The lowest BCUT2D eigenvalue weighted by Crippen LogP contribution is -2.40. The first-order valence-electron chi connectivity index (χ1n) is 8.31. The number of carbonyl (C=O) groups excluding carboxylic acids is 1. The number of para-hydroxylation sites is 1.